The summed E-state index contributed by atoms with van der Waals surface area (Å²) in [4.78, 5) is 14.9. The highest BCUT2D eigenvalue weighted by atomic mass is 15.0. The summed E-state index contributed by atoms with van der Waals surface area (Å²) >= 11 is 0. The number of aromatic nitrogens is 4. The summed E-state index contributed by atoms with van der Waals surface area (Å²) in [6.07, 6.45) is 0.850. The maximum atomic E-state index is 5.02. The van der Waals surface area contributed by atoms with Gasteiger partial charge < -0.3 is 4.57 Å². The minimum atomic E-state index is 0.654. The number of fused-ring (bicyclic) bond motifs is 6. The second-order valence-corrected chi connectivity index (χ2v) is 14.4. The second-order valence-electron chi connectivity index (χ2n) is 14.4. The van der Waals surface area contributed by atoms with Gasteiger partial charge in [-0.05, 0) is 81.3 Å². The van der Waals surface area contributed by atoms with Gasteiger partial charge in [-0.15, -0.1) is 0 Å². The summed E-state index contributed by atoms with van der Waals surface area (Å²) in [6, 6.07) is 68.8. The van der Waals surface area contributed by atoms with Gasteiger partial charge in [-0.2, -0.15) is 0 Å². The lowest BCUT2D eigenvalue weighted by Crippen LogP contribution is -2.00. The van der Waals surface area contributed by atoms with Crippen LogP contribution in [0.2, 0.25) is 0 Å². The van der Waals surface area contributed by atoms with Gasteiger partial charge in [0.05, 0.1) is 11.0 Å². The van der Waals surface area contributed by atoms with E-state index < -0.39 is 0 Å². The molecule has 1 aliphatic carbocycles. The summed E-state index contributed by atoms with van der Waals surface area (Å²) in [5, 5.41) is 2.52. The zero-order valence-electron chi connectivity index (χ0n) is 30.5. The largest absolute Gasteiger partial charge is 0.309 e. The number of para-hydroxylation sites is 2. The van der Waals surface area contributed by atoms with Crippen molar-refractivity contribution in [3.05, 3.63) is 205 Å². The van der Waals surface area contributed by atoms with E-state index in [-0.39, 0.29) is 0 Å². The molecule has 4 heteroatoms. The molecule has 0 saturated heterocycles. The number of hydrogen-bond donors (Lipinski definition) is 0. The first kappa shape index (κ1) is 32.0. The van der Waals surface area contributed by atoms with Crippen LogP contribution in [0.4, 0.5) is 0 Å². The van der Waals surface area contributed by atoms with Crippen molar-refractivity contribution in [2.24, 2.45) is 0 Å². The van der Waals surface area contributed by atoms with Gasteiger partial charge in [-0.1, -0.05) is 164 Å². The number of hydrogen-bond acceptors (Lipinski definition) is 3. The third kappa shape index (κ3) is 5.34. The lowest BCUT2D eigenvalue weighted by molar-refractivity contribution is 1.07. The Morgan fingerprint density at radius 3 is 1.43 bits per heavy atom. The molecule has 0 radical (unpaired) electrons. The van der Waals surface area contributed by atoms with Gasteiger partial charge in [0.25, 0.3) is 0 Å². The van der Waals surface area contributed by atoms with Crippen LogP contribution in [-0.2, 0) is 6.42 Å². The van der Waals surface area contributed by atoms with Crippen LogP contribution in [0.25, 0.3) is 95.0 Å². The fourth-order valence-corrected chi connectivity index (χ4v) is 8.53. The number of nitrogens with zero attached hydrogens (tertiary/aromatic N) is 4. The highest BCUT2D eigenvalue weighted by molar-refractivity contribution is 6.10. The van der Waals surface area contributed by atoms with Crippen molar-refractivity contribution in [2.45, 2.75) is 6.42 Å². The maximum Gasteiger partial charge on any atom is 0.164 e. The van der Waals surface area contributed by atoms with Crippen LogP contribution in [-0.4, -0.2) is 19.5 Å². The molecule has 8 aromatic carbocycles. The maximum absolute atomic E-state index is 5.02. The first-order valence-corrected chi connectivity index (χ1v) is 19.1. The average Bonchev–Trinajstić information content (AvgIpc) is 3.83. The molecule has 1 aliphatic rings. The Morgan fingerprint density at radius 1 is 0.321 bits per heavy atom. The van der Waals surface area contributed by atoms with E-state index in [1.807, 2.05) is 60.7 Å². The summed E-state index contributed by atoms with van der Waals surface area (Å²) in [5.74, 6) is 1.97. The van der Waals surface area contributed by atoms with Gasteiger partial charge >= 0.3 is 0 Å². The van der Waals surface area contributed by atoms with E-state index in [1.54, 1.807) is 0 Å². The van der Waals surface area contributed by atoms with E-state index in [1.165, 1.54) is 60.8 Å². The Hall–Kier alpha value is -7.43. The molecule has 0 saturated carbocycles. The van der Waals surface area contributed by atoms with Gasteiger partial charge in [0, 0.05) is 33.2 Å². The van der Waals surface area contributed by atoms with Crippen molar-refractivity contribution < 1.29 is 0 Å². The van der Waals surface area contributed by atoms with Crippen LogP contribution in [0.5, 0.6) is 0 Å². The zero-order valence-corrected chi connectivity index (χ0v) is 30.5. The van der Waals surface area contributed by atoms with Crippen molar-refractivity contribution >= 4 is 21.8 Å². The SMILES string of the molecule is c1ccc(-c2nc(-c3ccccc3)nc(-c3cccc(-c4cccc5c4Cc4c(-c6ccc7c8ccccc8n(-c8ccccc8)c7c6)cccc4-5)c3)n2)cc1. The quantitative estimate of drug-likeness (QED) is 0.172. The van der Waals surface area contributed by atoms with E-state index in [4.69, 9.17) is 15.0 Å². The third-order valence-electron chi connectivity index (χ3n) is 11.1. The molecule has 0 aliphatic heterocycles. The molecule has 2 aromatic heterocycles. The summed E-state index contributed by atoms with van der Waals surface area (Å²) in [7, 11) is 0. The van der Waals surface area contributed by atoms with E-state index in [9.17, 15) is 0 Å². The van der Waals surface area contributed by atoms with Crippen molar-refractivity contribution in [1.29, 1.82) is 0 Å². The second kappa shape index (κ2) is 13.2. The van der Waals surface area contributed by atoms with Crippen LogP contribution in [0.1, 0.15) is 11.1 Å². The van der Waals surface area contributed by atoms with E-state index in [2.05, 4.69) is 138 Å². The molecule has 0 amide bonds. The topological polar surface area (TPSA) is 43.6 Å². The Labute approximate surface area is 325 Å². The fraction of sp³-hybridized carbons (Fsp3) is 0.0192. The molecular weight excluding hydrogens is 681 g/mol. The minimum Gasteiger partial charge on any atom is -0.309 e. The van der Waals surface area contributed by atoms with Gasteiger partial charge in [-0.25, -0.2) is 15.0 Å². The molecule has 56 heavy (non-hydrogen) atoms. The van der Waals surface area contributed by atoms with Crippen LogP contribution < -0.4 is 0 Å². The van der Waals surface area contributed by atoms with Gasteiger partial charge in [-0.3, -0.25) is 0 Å². The predicted molar refractivity (Wildman–Crippen MR) is 230 cm³/mol. The molecule has 0 bridgehead atoms. The van der Waals surface area contributed by atoms with E-state index >= 15 is 0 Å². The molecule has 0 unspecified atom stereocenters. The highest BCUT2D eigenvalue weighted by Gasteiger charge is 2.25. The van der Waals surface area contributed by atoms with Gasteiger partial charge in [0.15, 0.2) is 17.5 Å². The first-order chi connectivity index (χ1) is 27.8. The summed E-state index contributed by atoms with van der Waals surface area (Å²) < 4.78 is 2.40. The molecule has 262 valence electrons. The van der Waals surface area contributed by atoms with Crippen LogP contribution in [0.3, 0.4) is 0 Å². The Kier molecular flexibility index (Phi) is 7.52. The van der Waals surface area contributed by atoms with Gasteiger partial charge in [0.2, 0.25) is 0 Å². The van der Waals surface area contributed by atoms with E-state index in [0.717, 1.165) is 34.4 Å². The van der Waals surface area contributed by atoms with Crippen LogP contribution in [0, 0.1) is 0 Å². The summed E-state index contributed by atoms with van der Waals surface area (Å²) in [6.45, 7) is 0. The third-order valence-corrected chi connectivity index (χ3v) is 11.1. The molecule has 0 spiro atoms. The zero-order chi connectivity index (χ0) is 37.0. The Morgan fingerprint density at radius 2 is 0.786 bits per heavy atom. The lowest BCUT2D eigenvalue weighted by atomic mass is 9.94. The van der Waals surface area contributed by atoms with Crippen molar-refractivity contribution in [2.75, 3.05) is 0 Å². The molecule has 2 heterocycles. The molecule has 0 fully saturated rings. The van der Waals surface area contributed by atoms with Crippen LogP contribution in [0.15, 0.2) is 194 Å². The standard InChI is InChI=1S/C52H34N4/c1-4-15-34(16-5-1)50-53-51(35-17-6-2-7-18-35)55-52(54-50)38-20-12-19-36(31-38)40-24-13-26-42-43-27-14-25-41(47(43)33-46(40)42)37-29-30-45-44-23-10-11-28-48(44)56(49(45)32-37)39-21-8-3-9-22-39/h1-32H,33H2. The molecule has 4 nitrogen and oxygen atoms in total. The monoisotopic (exact) mass is 714 g/mol. The Bertz CT molecular complexity index is 3040. The molecule has 10 aromatic rings. The number of benzene rings is 8. The first-order valence-electron chi connectivity index (χ1n) is 19.1. The molecule has 0 N–H and O–H groups in total. The molecule has 0 atom stereocenters. The van der Waals surface area contributed by atoms with Gasteiger partial charge in [0.1, 0.15) is 0 Å². The highest BCUT2D eigenvalue weighted by Crippen LogP contribution is 2.46. The average molecular weight is 715 g/mol. The number of rotatable bonds is 6. The normalized spacial score (nSPS) is 11.9. The lowest BCUT2D eigenvalue weighted by Gasteiger charge is -2.12. The van der Waals surface area contributed by atoms with Crippen LogP contribution >= 0.6 is 0 Å². The predicted octanol–water partition coefficient (Wildman–Crippen LogP) is 12.9. The van der Waals surface area contributed by atoms with E-state index in [0.29, 0.717) is 17.5 Å². The van der Waals surface area contributed by atoms with Crippen molar-refractivity contribution in [1.82, 2.24) is 19.5 Å². The van der Waals surface area contributed by atoms with Crippen molar-refractivity contribution in [3.8, 4) is 73.2 Å². The van der Waals surface area contributed by atoms with Crippen molar-refractivity contribution in [3.63, 3.8) is 0 Å². The Balaban J connectivity index is 1.00. The summed E-state index contributed by atoms with van der Waals surface area (Å²) in [5.41, 5.74) is 16.6. The minimum absolute atomic E-state index is 0.654. The smallest absolute Gasteiger partial charge is 0.164 e. The fourth-order valence-electron chi connectivity index (χ4n) is 8.53. The molecule has 11 rings (SSSR count). The molecular formula is C52H34N4.